The molecule has 27 heavy (non-hydrogen) atoms. The zero-order valence-corrected chi connectivity index (χ0v) is 17.3. The van der Waals surface area contributed by atoms with Crippen molar-refractivity contribution in [2.75, 3.05) is 17.7 Å². The number of carbonyl (C=O) groups excluding carboxylic acids is 2. The molecule has 1 unspecified atom stereocenters. The van der Waals surface area contributed by atoms with Gasteiger partial charge in [0, 0.05) is 25.1 Å². The standard InChI is InChI=1S/C22H35N3O2/c1-6-8-17(9-7-2)10-11-18(14-16(3)26)22(27)25-19-12-13-20(23-4)21(15-19)24-5/h12-13,15,17-18,23H,5-11,14H2,1-4H3,(H,25,27). The van der Waals surface area contributed by atoms with E-state index in [2.05, 4.69) is 36.2 Å². The quantitative estimate of drug-likeness (QED) is 0.443. The van der Waals surface area contributed by atoms with Gasteiger partial charge in [0.25, 0.3) is 0 Å². The molecule has 0 aromatic heterocycles. The Kier molecular flexibility index (Phi) is 10.4. The Hall–Kier alpha value is -2.17. The van der Waals surface area contributed by atoms with Crippen molar-refractivity contribution in [3.63, 3.8) is 0 Å². The van der Waals surface area contributed by atoms with Gasteiger partial charge in [-0.3, -0.25) is 9.79 Å². The molecule has 150 valence electrons. The lowest BCUT2D eigenvalue weighted by molar-refractivity contribution is -0.125. The molecule has 0 aliphatic heterocycles. The maximum absolute atomic E-state index is 12.8. The van der Waals surface area contributed by atoms with Crippen LogP contribution in [0.5, 0.6) is 0 Å². The minimum Gasteiger partial charge on any atom is -0.386 e. The Morgan fingerprint density at radius 2 is 1.78 bits per heavy atom. The number of Topliss-reactive ketones (excluding diaryl/α,β-unsaturated/α-hetero) is 1. The number of nitrogens with zero attached hydrogens (tertiary/aromatic N) is 1. The van der Waals surface area contributed by atoms with E-state index in [0.717, 1.165) is 31.4 Å². The molecule has 0 spiro atoms. The predicted molar refractivity (Wildman–Crippen MR) is 115 cm³/mol. The van der Waals surface area contributed by atoms with Crippen LogP contribution in [0.1, 0.15) is 65.7 Å². The SMILES string of the molecule is C=Nc1cc(NC(=O)C(CCC(CCC)CCC)CC(C)=O)ccc1NC. The fraction of sp³-hybridized carbons (Fsp3) is 0.591. The Morgan fingerprint density at radius 3 is 2.30 bits per heavy atom. The summed E-state index contributed by atoms with van der Waals surface area (Å²) in [6.45, 7) is 9.52. The van der Waals surface area contributed by atoms with Crippen LogP contribution in [-0.2, 0) is 9.59 Å². The van der Waals surface area contributed by atoms with Crippen LogP contribution in [0, 0.1) is 11.8 Å². The second kappa shape index (κ2) is 12.3. The van der Waals surface area contributed by atoms with Gasteiger partial charge >= 0.3 is 0 Å². The van der Waals surface area contributed by atoms with E-state index in [-0.39, 0.29) is 24.0 Å². The molecular weight excluding hydrogens is 338 g/mol. The Bertz CT molecular complexity index is 622. The van der Waals surface area contributed by atoms with Crippen LogP contribution >= 0.6 is 0 Å². The lowest BCUT2D eigenvalue weighted by Gasteiger charge is -2.20. The monoisotopic (exact) mass is 373 g/mol. The van der Waals surface area contributed by atoms with Gasteiger partial charge < -0.3 is 15.4 Å². The molecule has 1 aromatic rings. The number of rotatable bonds is 13. The van der Waals surface area contributed by atoms with Crippen LogP contribution in [0.2, 0.25) is 0 Å². The summed E-state index contributed by atoms with van der Waals surface area (Å²) >= 11 is 0. The van der Waals surface area contributed by atoms with Gasteiger partial charge in [-0.1, -0.05) is 39.5 Å². The summed E-state index contributed by atoms with van der Waals surface area (Å²) in [6.07, 6.45) is 6.71. The summed E-state index contributed by atoms with van der Waals surface area (Å²) in [7, 11) is 1.81. The number of ketones is 1. The second-order valence-electron chi connectivity index (χ2n) is 7.25. The topological polar surface area (TPSA) is 70.6 Å². The summed E-state index contributed by atoms with van der Waals surface area (Å²) in [4.78, 5) is 28.5. The Labute approximate surface area is 164 Å². The van der Waals surface area contributed by atoms with E-state index in [4.69, 9.17) is 0 Å². The van der Waals surface area contributed by atoms with Crippen LogP contribution in [0.4, 0.5) is 17.1 Å². The summed E-state index contributed by atoms with van der Waals surface area (Å²) in [6, 6.07) is 5.48. The van der Waals surface area contributed by atoms with Gasteiger partial charge in [-0.2, -0.15) is 0 Å². The van der Waals surface area contributed by atoms with Gasteiger partial charge in [0.05, 0.1) is 11.4 Å². The van der Waals surface area contributed by atoms with E-state index in [1.807, 2.05) is 19.2 Å². The average molecular weight is 374 g/mol. The zero-order valence-electron chi connectivity index (χ0n) is 17.3. The number of anilines is 2. The Balaban J connectivity index is 2.82. The molecule has 0 saturated carbocycles. The lowest BCUT2D eigenvalue weighted by atomic mass is 9.87. The molecule has 1 amide bonds. The van der Waals surface area contributed by atoms with Gasteiger partial charge in [0.15, 0.2) is 0 Å². The zero-order chi connectivity index (χ0) is 20.2. The van der Waals surface area contributed by atoms with Crippen LogP contribution in [-0.4, -0.2) is 25.5 Å². The molecule has 2 N–H and O–H groups in total. The number of nitrogens with one attached hydrogen (secondary N) is 2. The number of aliphatic imine (C=N–C) groups is 1. The molecule has 5 heteroatoms. The van der Waals surface area contributed by atoms with Crippen molar-refractivity contribution in [1.82, 2.24) is 0 Å². The number of benzene rings is 1. The lowest BCUT2D eigenvalue weighted by Crippen LogP contribution is -2.25. The van der Waals surface area contributed by atoms with Gasteiger partial charge in [-0.15, -0.1) is 0 Å². The first kappa shape index (κ1) is 22.9. The molecule has 0 aliphatic rings. The molecule has 0 aliphatic carbocycles. The molecule has 1 rings (SSSR count). The molecule has 0 saturated heterocycles. The van der Waals surface area contributed by atoms with Gasteiger partial charge in [-0.05, 0) is 50.6 Å². The molecule has 0 heterocycles. The highest BCUT2D eigenvalue weighted by Crippen LogP contribution is 2.29. The molecule has 0 bridgehead atoms. The third kappa shape index (κ3) is 7.94. The van der Waals surface area contributed by atoms with Gasteiger partial charge in [0.1, 0.15) is 5.78 Å². The van der Waals surface area contributed by atoms with Crippen molar-refractivity contribution in [3.8, 4) is 0 Å². The van der Waals surface area contributed by atoms with E-state index in [9.17, 15) is 9.59 Å². The first-order valence-corrected chi connectivity index (χ1v) is 10.0. The van der Waals surface area contributed by atoms with Crippen molar-refractivity contribution in [2.45, 2.75) is 65.7 Å². The highest BCUT2D eigenvalue weighted by atomic mass is 16.2. The largest absolute Gasteiger partial charge is 0.386 e. The highest BCUT2D eigenvalue weighted by molar-refractivity contribution is 5.96. The van der Waals surface area contributed by atoms with Crippen LogP contribution < -0.4 is 10.6 Å². The smallest absolute Gasteiger partial charge is 0.227 e. The van der Waals surface area contributed by atoms with Crippen LogP contribution in [0.3, 0.4) is 0 Å². The van der Waals surface area contributed by atoms with Crippen molar-refractivity contribution < 1.29 is 9.59 Å². The molecular formula is C22H35N3O2. The normalized spacial score (nSPS) is 11.9. The number of hydrogen-bond donors (Lipinski definition) is 2. The summed E-state index contributed by atoms with van der Waals surface area (Å²) in [5.74, 6) is 0.303. The van der Waals surface area contributed by atoms with E-state index < -0.39 is 0 Å². The maximum atomic E-state index is 12.8. The Morgan fingerprint density at radius 1 is 1.11 bits per heavy atom. The van der Waals surface area contributed by atoms with Gasteiger partial charge in [0.2, 0.25) is 5.91 Å². The molecule has 1 atom stereocenters. The molecule has 0 fully saturated rings. The van der Waals surface area contributed by atoms with Crippen molar-refractivity contribution in [2.24, 2.45) is 16.8 Å². The maximum Gasteiger partial charge on any atom is 0.227 e. The van der Waals surface area contributed by atoms with E-state index in [1.165, 1.54) is 12.8 Å². The minimum atomic E-state index is -0.289. The first-order chi connectivity index (χ1) is 12.9. The van der Waals surface area contributed by atoms with Crippen LogP contribution in [0.25, 0.3) is 0 Å². The van der Waals surface area contributed by atoms with E-state index >= 15 is 0 Å². The van der Waals surface area contributed by atoms with Crippen molar-refractivity contribution >= 4 is 35.5 Å². The minimum absolute atomic E-state index is 0.0525. The number of hydrogen-bond acceptors (Lipinski definition) is 4. The third-order valence-corrected chi connectivity index (χ3v) is 4.93. The van der Waals surface area contributed by atoms with Crippen LogP contribution in [0.15, 0.2) is 23.2 Å². The van der Waals surface area contributed by atoms with E-state index in [1.54, 1.807) is 13.0 Å². The fourth-order valence-corrected chi connectivity index (χ4v) is 3.56. The highest BCUT2D eigenvalue weighted by Gasteiger charge is 2.22. The molecule has 0 radical (unpaired) electrons. The summed E-state index contributed by atoms with van der Waals surface area (Å²) in [5, 5.41) is 6.00. The average Bonchev–Trinajstić information content (AvgIpc) is 2.64. The van der Waals surface area contributed by atoms with Crippen molar-refractivity contribution in [1.29, 1.82) is 0 Å². The molecule has 5 nitrogen and oxygen atoms in total. The number of carbonyl (C=O) groups is 2. The third-order valence-electron chi connectivity index (χ3n) is 4.93. The predicted octanol–water partition coefficient (Wildman–Crippen LogP) is 5.59. The first-order valence-electron chi connectivity index (χ1n) is 10.0. The van der Waals surface area contributed by atoms with Crippen molar-refractivity contribution in [3.05, 3.63) is 18.2 Å². The molecule has 1 aromatic carbocycles. The summed E-state index contributed by atoms with van der Waals surface area (Å²) < 4.78 is 0. The van der Waals surface area contributed by atoms with Gasteiger partial charge in [-0.25, -0.2) is 0 Å². The van der Waals surface area contributed by atoms with E-state index in [0.29, 0.717) is 17.3 Å². The second-order valence-corrected chi connectivity index (χ2v) is 7.25. The summed E-state index contributed by atoms with van der Waals surface area (Å²) in [5.41, 5.74) is 2.21. The number of amides is 1. The fourth-order valence-electron chi connectivity index (χ4n) is 3.56.